The Hall–Kier alpha value is 0.0500. The van der Waals surface area contributed by atoms with Gasteiger partial charge in [0.15, 0.2) is 0 Å². The van der Waals surface area contributed by atoms with E-state index in [1.807, 2.05) is 0 Å². The molecule has 0 saturated carbocycles. The molecular weight excluding hydrogens is 118 g/mol. The number of hydrogen-bond donors (Lipinski definition) is 1. The second-order valence-corrected chi connectivity index (χ2v) is 2.48. The lowest BCUT2D eigenvalue weighted by Crippen LogP contribution is -2.26. The summed E-state index contributed by atoms with van der Waals surface area (Å²) in [5.74, 6) is 0.938. The van der Waals surface area contributed by atoms with Gasteiger partial charge in [0.1, 0.15) is 0 Å². The van der Waals surface area contributed by atoms with Crippen LogP contribution in [0, 0.1) is 0 Å². The van der Waals surface area contributed by atoms with Gasteiger partial charge in [-0.15, -0.1) is 0 Å². The van der Waals surface area contributed by atoms with Crippen molar-refractivity contribution in [2.45, 2.75) is 6.04 Å². The summed E-state index contributed by atoms with van der Waals surface area (Å²) < 4.78 is 0. The molecule has 0 aliphatic carbocycles. The van der Waals surface area contributed by atoms with E-state index in [0.717, 1.165) is 12.3 Å². The highest BCUT2D eigenvalue weighted by atomic mass is 32.1. The Morgan fingerprint density at radius 1 is 1.88 bits per heavy atom. The zero-order valence-electron chi connectivity index (χ0n) is 5.04. The predicted octanol–water partition coefficient (Wildman–Crippen LogP) is 0.786. The smallest absolute Gasteiger partial charge is 0.0367 e. The monoisotopic (exact) mass is 129 g/mol. The average molecular weight is 129 g/mol. The number of rotatable bonds is 1. The van der Waals surface area contributed by atoms with Crippen molar-refractivity contribution >= 4 is 12.6 Å². The lowest BCUT2D eigenvalue weighted by molar-refractivity contribution is 0.356. The molecule has 2 heteroatoms. The third kappa shape index (κ3) is 1.06. The van der Waals surface area contributed by atoms with E-state index in [-0.39, 0.29) is 0 Å². The molecule has 1 heterocycles. The molecule has 1 rings (SSSR count). The molecule has 0 N–H and O–H groups in total. The zero-order chi connectivity index (χ0) is 5.98. The van der Waals surface area contributed by atoms with Crippen LogP contribution in [0.5, 0.6) is 0 Å². The van der Waals surface area contributed by atoms with E-state index in [2.05, 4.69) is 36.7 Å². The van der Waals surface area contributed by atoms with Gasteiger partial charge in [-0.05, 0) is 7.05 Å². The fourth-order valence-corrected chi connectivity index (χ4v) is 1.27. The molecule has 1 aliphatic heterocycles. The van der Waals surface area contributed by atoms with E-state index < -0.39 is 0 Å². The molecule has 0 fully saturated rings. The Kier molecular flexibility index (Phi) is 1.97. The largest absolute Gasteiger partial charge is 0.296 e. The average Bonchev–Trinajstić information content (AvgIpc) is 2.14. The lowest BCUT2D eigenvalue weighted by Gasteiger charge is -2.15. The van der Waals surface area contributed by atoms with Crippen LogP contribution in [-0.4, -0.2) is 30.3 Å². The van der Waals surface area contributed by atoms with Crippen molar-refractivity contribution < 1.29 is 0 Å². The molecule has 0 amide bonds. The highest BCUT2D eigenvalue weighted by Gasteiger charge is 2.11. The molecule has 0 saturated heterocycles. The maximum atomic E-state index is 4.18. The molecule has 0 radical (unpaired) electrons. The van der Waals surface area contributed by atoms with Gasteiger partial charge in [0, 0.05) is 18.3 Å². The van der Waals surface area contributed by atoms with Gasteiger partial charge < -0.3 is 0 Å². The van der Waals surface area contributed by atoms with Crippen LogP contribution in [-0.2, 0) is 0 Å². The zero-order valence-corrected chi connectivity index (χ0v) is 5.94. The molecule has 0 aromatic heterocycles. The van der Waals surface area contributed by atoms with E-state index in [4.69, 9.17) is 0 Å². The van der Waals surface area contributed by atoms with Gasteiger partial charge in [-0.25, -0.2) is 0 Å². The summed E-state index contributed by atoms with van der Waals surface area (Å²) in [6.45, 7) is 1.09. The third-order valence-corrected chi connectivity index (χ3v) is 1.88. The summed E-state index contributed by atoms with van der Waals surface area (Å²) in [6, 6.07) is 0.582. The number of likely N-dealkylation sites (N-methyl/N-ethyl adjacent to an activating group) is 1. The van der Waals surface area contributed by atoms with Crippen LogP contribution < -0.4 is 0 Å². The molecule has 1 unspecified atom stereocenters. The highest BCUT2D eigenvalue weighted by Crippen LogP contribution is 2.06. The van der Waals surface area contributed by atoms with Gasteiger partial charge in [0.05, 0.1) is 0 Å². The molecule has 1 aliphatic rings. The Balaban J connectivity index is 2.41. The number of hydrogen-bond acceptors (Lipinski definition) is 2. The molecule has 8 heavy (non-hydrogen) atoms. The summed E-state index contributed by atoms with van der Waals surface area (Å²) >= 11 is 4.18. The maximum absolute atomic E-state index is 4.18. The molecule has 1 nitrogen and oxygen atoms in total. The van der Waals surface area contributed by atoms with Gasteiger partial charge in [-0.3, -0.25) is 4.90 Å². The van der Waals surface area contributed by atoms with Crippen LogP contribution in [0.4, 0.5) is 0 Å². The summed E-state index contributed by atoms with van der Waals surface area (Å²) in [4.78, 5) is 2.27. The van der Waals surface area contributed by atoms with Crippen molar-refractivity contribution in [1.82, 2.24) is 4.90 Å². The normalized spacial score (nSPS) is 29.5. The predicted molar refractivity (Wildman–Crippen MR) is 39.4 cm³/mol. The van der Waals surface area contributed by atoms with Crippen molar-refractivity contribution in [1.29, 1.82) is 0 Å². The summed E-state index contributed by atoms with van der Waals surface area (Å²) in [5.41, 5.74) is 0. The van der Waals surface area contributed by atoms with Crippen LogP contribution in [0.3, 0.4) is 0 Å². The molecular formula is C6H11NS. The van der Waals surface area contributed by atoms with Crippen molar-refractivity contribution in [2.75, 3.05) is 19.3 Å². The van der Waals surface area contributed by atoms with Crippen molar-refractivity contribution in [3.8, 4) is 0 Å². The van der Waals surface area contributed by atoms with Gasteiger partial charge in [0.2, 0.25) is 0 Å². The minimum absolute atomic E-state index is 0.582. The Morgan fingerprint density at radius 2 is 2.62 bits per heavy atom. The Labute approximate surface area is 55.8 Å². The minimum Gasteiger partial charge on any atom is -0.296 e. The first-order valence-electron chi connectivity index (χ1n) is 2.82. The van der Waals surface area contributed by atoms with Gasteiger partial charge in [-0.2, -0.15) is 12.6 Å². The summed E-state index contributed by atoms with van der Waals surface area (Å²) in [6.07, 6.45) is 4.38. The number of nitrogens with zero attached hydrogens (tertiary/aromatic N) is 1. The fourth-order valence-electron chi connectivity index (χ4n) is 0.867. The van der Waals surface area contributed by atoms with E-state index in [0.29, 0.717) is 6.04 Å². The first kappa shape index (κ1) is 6.17. The standard InChI is InChI=1S/C6H11NS/c1-7-4-2-3-6(7)5-8/h2-3,6,8H,4-5H2,1H3. The second kappa shape index (κ2) is 2.55. The van der Waals surface area contributed by atoms with Gasteiger partial charge in [-0.1, -0.05) is 12.2 Å². The second-order valence-electron chi connectivity index (χ2n) is 2.12. The molecule has 0 spiro atoms. The SMILES string of the molecule is CN1CC=CC1CS. The third-order valence-electron chi connectivity index (χ3n) is 1.50. The van der Waals surface area contributed by atoms with E-state index in [1.54, 1.807) is 0 Å². The van der Waals surface area contributed by atoms with Crippen molar-refractivity contribution in [3.63, 3.8) is 0 Å². The van der Waals surface area contributed by atoms with E-state index in [9.17, 15) is 0 Å². The number of thiol groups is 1. The summed E-state index contributed by atoms with van der Waals surface area (Å²) in [5, 5.41) is 0. The maximum Gasteiger partial charge on any atom is 0.0367 e. The van der Waals surface area contributed by atoms with Crippen LogP contribution in [0.15, 0.2) is 12.2 Å². The van der Waals surface area contributed by atoms with Crippen LogP contribution in [0.2, 0.25) is 0 Å². The first-order valence-corrected chi connectivity index (χ1v) is 3.45. The molecule has 0 bridgehead atoms. The quantitative estimate of drug-likeness (QED) is 0.404. The topological polar surface area (TPSA) is 3.24 Å². The Bertz CT molecular complexity index is 101. The Morgan fingerprint density at radius 3 is 2.88 bits per heavy atom. The molecule has 46 valence electrons. The summed E-state index contributed by atoms with van der Waals surface area (Å²) in [7, 11) is 2.11. The van der Waals surface area contributed by atoms with Crippen LogP contribution in [0.25, 0.3) is 0 Å². The first-order chi connectivity index (χ1) is 3.84. The van der Waals surface area contributed by atoms with Crippen molar-refractivity contribution in [3.05, 3.63) is 12.2 Å². The fraction of sp³-hybridized carbons (Fsp3) is 0.667. The highest BCUT2D eigenvalue weighted by molar-refractivity contribution is 7.80. The molecule has 1 atom stereocenters. The van der Waals surface area contributed by atoms with Crippen LogP contribution >= 0.6 is 12.6 Å². The van der Waals surface area contributed by atoms with E-state index >= 15 is 0 Å². The molecule has 0 aromatic carbocycles. The molecule has 0 aromatic rings. The van der Waals surface area contributed by atoms with Crippen LogP contribution in [0.1, 0.15) is 0 Å². The van der Waals surface area contributed by atoms with E-state index in [1.165, 1.54) is 0 Å². The van der Waals surface area contributed by atoms with Crippen molar-refractivity contribution in [2.24, 2.45) is 0 Å². The lowest BCUT2D eigenvalue weighted by atomic mass is 10.3. The minimum atomic E-state index is 0.582. The van der Waals surface area contributed by atoms with Gasteiger partial charge in [0.25, 0.3) is 0 Å². The van der Waals surface area contributed by atoms with Gasteiger partial charge >= 0.3 is 0 Å².